The predicted octanol–water partition coefficient (Wildman–Crippen LogP) is 3.15. The molecule has 8 nitrogen and oxygen atoms in total. The Kier molecular flexibility index (Phi) is 9.84. The molecular formula is C24H37N5O3. The zero-order valence-electron chi connectivity index (χ0n) is 19.6. The summed E-state index contributed by atoms with van der Waals surface area (Å²) in [6.07, 6.45) is 2.13. The fourth-order valence-electron chi connectivity index (χ4n) is 3.75. The molecule has 0 aliphatic carbocycles. The Bertz CT molecular complexity index is 829. The van der Waals surface area contributed by atoms with Crippen LogP contribution in [0, 0.1) is 0 Å². The zero-order chi connectivity index (χ0) is 22.6. The van der Waals surface area contributed by atoms with Crippen LogP contribution in [0.25, 0.3) is 0 Å². The van der Waals surface area contributed by atoms with E-state index in [-0.39, 0.29) is 0 Å². The lowest BCUT2D eigenvalue weighted by atomic mass is 9.99. The highest BCUT2D eigenvalue weighted by atomic mass is 16.5. The maximum atomic E-state index is 5.95. The summed E-state index contributed by atoms with van der Waals surface area (Å²) in [6, 6.07) is 10.2. The fourth-order valence-corrected chi connectivity index (χ4v) is 3.75. The number of rotatable bonds is 11. The van der Waals surface area contributed by atoms with Gasteiger partial charge in [0.1, 0.15) is 12.4 Å². The Labute approximate surface area is 191 Å². The van der Waals surface area contributed by atoms with E-state index < -0.39 is 0 Å². The summed E-state index contributed by atoms with van der Waals surface area (Å²) in [5.74, 6) is 2.86. The number of nitrogens with one attached hydrogen (secondary N) is 2. The van der Waals surface area contributed by atoms with Crippen LogP contribution in [-0.2, 0) is 17.8 Å². The molecule has 1 aliphatic heterocycles. The third kappa shape index (κ3) is 7.53. The normalized spacial score (nSPS) is 15.2. The van der Waals surface area contributed by atoms with Crippen LogP contribution < -0.4 is 15.4 Å². The summed E-state index contributed by atoms with van der Waals surface area (Å²) >= 11 is 0. The number of aromatic nitrogens is 1. The van der Waals surface area contributed by atoms with Crippen LogP contribution in [0.1, 0.15) is 49.6 Å². The number of hydrogen-bond acceptors (Lipinski definition) is 6. The highest BCUT2D eigenvalue weighted by molar-refractivity contribution is 5.79. The number of benzene rings is 1. The summed E-state index contributed by atoms with van der Waals surface area (Å²) in [5.41, 5.74) is 2.16. The van der Waals surface area contributed by atoms with Gasteiger partial charge in [-0.1, -0.05) is 31.1 Å². The average Bonchev–Trinajstić information content (AvgIpc) is 3.30. The first-order valence-corrected chi connectivity index (χ1v) is 11.6. The van der Waals surface area contributed by atoms with Crippen molar-refractivity contribution in [3.63, 3.8) is 0 Å². The molecule has 32 heavy (non-hydrogen) atoms. The van der Waals surface area contributed by atoms with Gasteiger partial charge in [0.15, 0.2) is 11.7 Å². The lowest BCUT2D eigenvalue weighted by Crippen LogP contribution is -2.38. The minimum Gasteiger partial charge on any atom is -0.492 e. The molecule has 0 radical (unpaired) electrons. The maximum Gasteiger partial charge on any atom is 0.191 e. The van der Waals surface area contributed by atoms with Crippen LogP contribution >= 0.6 is 0 Å². The second-order valence-electron chi connectivity index (χ2n) is 7.96. The number of hydrogen-bond donors (Lipinski definition) is 2. The molecule has 0 saturated carbocycles. The molecule has 1 aliphatic rings. The molecule has 1 aromatic heterocycles. The van der Waals surface area contributed by atoms with Crippen molar-refractivity contribution in [2.24, 2.45) is 4.99 Å². The summed E-state index contributed by atoms with van der Waals surface area (Å²) in [7, 11) is 1.76. The van der Waals surface area contributed by atoms with E-state index in [4.69, 9.17) is 14.0 Å². The van der Waals surface area contributed by atoms with Gasteiger partial charge < -0.3 is 24.6 Å². The fraction of sp³-hybridized carbons (Fsp3) is 0.583. The van der Waals surface area contributed by atoms with E-state index in [2.05, 4.69) is 51.7 Å². The van der Waals surface area contributed by atoms with Gasteiger partial charge in [0.25, 0.3) is 0 Å². The van der Waals surface area contributed by atoms with Crippen molar-refractivity contribution in [1.29, 1.82) is 0 Å². The van der Waals surface area contributed by atoms with E-state index in [1.165, 1.54) is 0 Å². The summed E-state index contributed by atoms with van der Waals surface area (Å²) in [5, 5.41) is 10.9. The molecule has 3 rings (SSSR count). The summed E-state index contributed by atoms with van der Waals surface area (Å²) < 4.78 is 16.8. The van der Waals surface area contributed by atoms with E-state index in [0.717, 1.165) is 68.5 Å². The number of ether oxygens (including phenoxy) is 2. The third-order valence-electron chi connectivity index (χ3n) is 5.77. The summed E-state index contributed by atoms with van der Waals surface area (Å²) in [6.45, 7) is 10.7. The van der Waals surface area contributed by atoms with Gasteiger partial charge in [-0.2, -0.15) is 0 Å². The second kappa shape index (κ2) is 13.1. The van der Waals surface area contributed by atoms with E-state index in [1.807, 2.05) is 18.2 Å². The molecule has 2 heterocycles. The average molecular weight is 444 g/mol. The van der Waals surface area contributed by atoms with Gasteiger partial charge in [-0.25, -0.2) is 0 Å². The van der Waals surface area contributed by atoms with Crippen LogP contribution in [0.2, 0.25) is 0 Å². The number of guanidine groups is 1. The minimum absolute atomic E-state index is 0.452. The third-order valence-corrected chi connectivity index (χ3v) is 5.77. The highest BCUT2D eigenvalue weighted by Gasteiger charge is 2.13. The zero-order valence-corrected chi connectivity index (χ0v) is 19.6. The Morgan fingerprint density at radius 2 is 1.94 bits per heavy atom. The molecule has 0 atom stereocenters. The van der Waals surface area contributed by atoms with E-state index in [1.54, 1.807) is 7.05 Å². The molecular weight excluding hydrogens is 406 g/mol. The smallest absolute Gasteiger partial charge is 0.191 e. The van der Waals surface area contributed by atoms with Crippen LogP contribution in [-0.4, -0.2) is 62.5 Å². The molecule has 1 saturated heterocycles. The lowest BCUT2D eigenvalue weighted by Gasteiger charge is -2.26. The quantitative estimate of drug-likeness (QED) is 0.408. The van der Waals surface area contributed by atoms with Gasteiger partial charge in [0, 0.05) is 45.2 Å². The van der Waals surface area contributed by atoms with E-state index in [0.29, 0.717) is 31.6 Å². The summed E-state index contributed by atoms with van der Waals surface area (Å²) in [4.78, 5) is 6.67. The molecule has 0 bridgehead atoms. The van der Waals surface area contributed by atoms with Crippen LogP contribution in [0.4, 0.5) is 0 Å². The Morgan fingerprint density at radius 1 is 1.16 bits per heavy atom. The lowest BCUT2D eigenvalue weighted by molar-refractivity contribution is 0.0322. The first-order valence-electron chi connectivity index (χ1n) is 11.6. The van der Waals surface area contributed by atoms with Gasteiger partial charge in [0.2, 0.25) is 0 Å². The number of morpholine rings is 1. The first-order chi connectivity index (χ1) is 15.7. The molecule has 8 heteroatoms. The molecule has 0 unspecified atom stereocenters. The number of aliphatic imine (C=N–C) groups is 1. The van der Waals surface area contributed by atoms with Crippen LogP contribution in [0.15, 0.2) is 39.8 Å². The monoisotopic (exact) mass is 443 g/mol. The Hall–Kier alpha value is -2.58. The van der Waals surface area contributed by atoms with Crippen molar-refractivity contribution in [3.8, 4) is 5.75 Å². The second-order valence-corrected chi connectivity index (χ2v) is 7.96. The topological polar surface area (TPSA) is 84.2 Å². The molecule has 176 valence electrons. The van der Waals surface area contributed by atoms with Crippen molar-refractivity contribution in [2.45, 2.75) is 45.7 Å². The van der Waals surface area contributed by atoms with Crippen LogP contribution in [0.3, 0.4) is 0 Å². The molecule has 1 aromatic carbocycles. The van der Waals surface area contributed by atoms with Crippen molar-refractivity contribution in [1.82, 2.24) is 20.7 Å². The molecule has 0 spiro atoms. The van der Waals surface area contributed by atoms with Crippen LogP contribution in [0.5, 0.6) is 5.75 Å². The van der Waals surface area contributed by atoms with Crippen molar-refractivity contribution in [2.75, 3.05) is 46.5 Å². The standard InChI is InChI=1S/C24H37N5O3/c1-4-20(5-2)23-16-22(32-28-23)18-27-24(25-3)26-17-19-7-6-8-21(15-19)31-14-11-29-9-12-30-13-10-29/h6-8,15-16,20H,4-5,9-14,17-18H2,1-3H3,(H2,25,26,27). The van der Waals surface area contributed by atoms with Crippen molar-refractivity contribution >= 4 is 5.96 Å². The van der Waals surface area contributed by atoms with Gasteiger partial charge in [0.05, 0.1) is 25.5 Å². The SMILES string of the molecule is CCC(CC)c1cc(CNC(=NC)NCc2cccc(OCCN3CCOCC3)c2)on1. The minimum atomic E-state index is 0.452. The van der Waals surface area contributed by atoms with Gasteiger partial charge in [-0.3, -0.25) is 9.89 Å². The predicted molar refractivity (Wildman–Crippen MR) is 126 cm³/mol. The van der Waals surface area contributed by atoms with E-state index >= 15 is 0 Å². The molecule has 2 N–H and O–H groups in total. The molecule has 1 fully saturated rings. The van der Waals surface area contributed by atoms with Gasteiger partial charge in [-0.15, -0.1) is 0 Å². The Morgan fingerprint density at radius 3 is 2.69 bits per heavy atom. The van der Waals surface area contributed by atoms with Crippen molar-refractivity contribution < 1.29 is 14.0 Å². The molecule has 2 aromatic rings. The van der Waals surface area contributed by atoms with Gasteiger partial charge in [-0.05, 0) is 30.5 Å². The first kappa shape index (κ1) is 24.1. The molecule has 0 amide bonds. The Balaban J connectivity index is 1.42. The highest BCUT2D eigenvalue weighted by Crippen LogP contribution is 2.22. The largest absolute Gasteiger partial charge is 0.492 e. The number of nitrogens with zero attached hydrogens (tertiary/aromatic N) is 3. The van der Waals surface area contributed by atoms with Gasteiger partial charge >= 0.3 is 0 Å². The van der Waals surface area contributed by atoms with E-state index in [9.17, 15) is 0 Å². The maximum absolute atomic E-state index is 5.95. The van der Waals surface area contributed by atoms with Crippen molar-refractivity contribution in [3.05, 3.63) is 47.3 Å².